The Morgan fingerprint density at radius 3 is 2.47 bits per heavy atom. The highest BCUT2D eigenvalue weighted by molar-refractivity contribution is 14.1. The molecular formula is C11H19IN2O3. The van der Waals surface area contributed by atoms with Crippen LogP contribution in [0.3, 0.4) is 0 Å². The van der Waals surface area contributed by atoms with Gasteiger partial charge in [0.05, 0.1) is 6.54 Å². The van der Waals surface area contributed by atoms with E-state index in [-0.39, 0.29) is 24.4 Å². The van der Waals surface area contributed by atoms with Crippen LogP contribution in [0.1, 0.15) is 32.6 Å². The van der Waals surface area contributed by atoms with Crippen LogP contribution < -0.4 is 8.85 Å². The molecule has 0 bridgehead atoms. The molecule has 0 aromatic heterocycles. The summed E-state index contributed by atoms with van der Waals surface area (Å²) >= 11 is 2.17. The Morgan fingerprint density at radius 1 is 1.29 bits per heavy atom. The molecule has 98 valence electrons. The van der Waals surface area contributed by atoms with Gasteiger partial charge in [-0.05, 0) is 25.7 Å². The number of hydrogen-bond donors (Lipinski definition) is 2. The van der Waals surface area contributed by atoms with Gasteiger partial charge < -0.3 is 10.1 Å². The summed E-state index contributed by atoms with van der Waals surface area (Å²) in [5.74, 6) is -0.106. The van der Waals surface area contributed by atoms with E-state index in [0.29, 0.717) is 12.6 Å². The van der Waals surface area contributed by atoms with Crippen molar-refractivity contribution in [2.75, 3.05) is 13.2 Å². The molecule has 1 rings (SSSR count). The number of nitrogens with one attached hydrogen (secondary N) is 2. The number of carbonyl (C=O) groups excluding carboxylic acids is 2. The predicted octanol–water partition coefficient (Wildman–Crippen LogP) is 1.16. The highest BCUT2D eigenvalue weighted by Gasteiger charge is 2.25. The minimum Gasteiger partial charge on any atom is -0.464 e. The fourth-order valence-electron chi connectivity index (χ4n) is 1.98. The molecule has 0 aromatic carbocycles. The van der Waals surface area contributed by atoms with Gasteiger partial charge in [-0.2, -0.15) is 0 Å². The van der Waals surface area contributed by atoms with Crippen molar-refractivity contribution in [3.8, 4) is 0 Å². The summed E-state index contributed by atoms with van der Waals surface area (Å²) in [5, 5.41) is 2.80. The third kappa shape index (κ3) is 5.67. The average Bonchev–Trinajstić information content (AvgIpc) is 2.34. The van der Waals surface area contributed by atoms with Gasteiger partial charge in [0.2, 0.25) is 5.91 Å². The highest BCUT2D eigenvalue weighted by Crippen LogP contribution is 2.24. The van der Waals surface area contributed by atoms with Crippen molar-refractivity contribution >= 4 is 34.7 Å². The van der Waals surface area contributed by atoms with Crippen LogP contribution in [0.25, 0.3) is 0 Å². The molecule has 0 radical (unpaired) electrons. The molecule has 5 nitrogen and oxygen atoms in total. The lowest BCUT2D eigenvalue weighted by Crippen LogP contribution is -2.37. The average molecular weight is 354 g/mol. The van der Waals surface area contributed by atoms with Gasteiger partial charge in [0.15, 0.2) is 0 Å². The molecule has 0 atom stereocenters. The maximum absolute atomic E-state index is 11.8. The molecular weight excluding hydrogens is 335 g/mol. The minimum absolute atomic E-state index is 0.0871. The van der Waals surface area contributed by atoms with Crippen LogP contribution in [0.5, 0.6) is 0 Å². The Bertz CT molecular complexity index is 265. The first-order valence-electron chi connectivity index (χ1n) is 5.90. The van der Waals surface area contributed by atoms with Crippen molar-refractivity contribution in [2.45, 2.75) is 38.6 Å². The second-order valence-electron chi connectivity index (χ2n) is 4.29. The molecule has 2 N–H and O–H groups in total. The summed E-state index contributed by atoms with van der Waals surface area (Å²) in [6.07, 6.45) is 3.95. The largest absolute Gasteiger partial charge is 0.464 e. The van der Waals surface area contributed by atoms with Gasteiger partial charge in [0.1, 0.15) is 6.61 Å². The standard InChI is InChI=1S/C11H19IN2O3/c1-8(15)17-7-6-13-11(16)9-2-4-10(14-12)5-3-9/h9-10,14H,2-7H2,1H3,(H,13,16)/t9-,10-. The number of halogens is 1. The van der Waals surface area contributed by atoms with Crippen LogP contribution in [-0.4, -0.2) is 31.1 Å². The molecule has 0 spiro atoms. The Kier molecular flexibility index (Phi) is 6.79. The van der Waals surface area contributed by atoms with Gasteiger partial charge in [-0.3, -0.25) is 13.1 Å². The van der Waals surface area contributed by atoms with E-state index in [4.69, 9.17) is 4.74 Å². The van der Waals surface area contributed by atoms with Crippen molar-refractivity contribution in [1.82, 2.24) is 8.85 Å². The first-order chi connectivity index (χ1) is 8.13. The zero-order chi connectivity index (χ0) is 12.7. The second-order valence-corrected chi connectivity index (χ2v) is 4.91. The number of amides is 1. The first-order valence-corrected chi connectivity index (χ1v) is 6.98. The van der Waals surface area contributed by atoms with Gasteiger partial charge in [0.25, 0.3) is 0 Å². The molecule has 1 aliphatic carbocycles. The molecule has 0 saturated heterocycles. The molecule has 17 heavy (non-hydrogen) atoms. The number of hydrogen-bond acceptors (Lipinski definition) is 4. The van der Waals surface area contributed by atoms with Crippen LogP contribution >= 0.6 is 22.9 Å². The summed E-state index contributed by atoms with van der Waals surface area (Å²) < 4.78 is 7.96. The lowest BCUT2D eigenvalue weighted by Gasteiger charge is -2.26. The van der Waals surface area contributed by atoms with Crippen LogP contribution in [0.4, 0.5) is 0 Å². The molecule has 1 saturated carbocycles. The monoisotopic (exact) mass is 354 g/mol. The Morgan fingerprint density at radius 2 is 1.94 bits per heavy atom. The van der Waals surface area contributed by atoms with Gasteiger partial charge in [0, 0.05) is 41.7 Å². The lowest BCUT2D eigenvalue weighted by atomic mass is 9.86. The fourth-order valence-corrected chi connectivity index (χ4v) is 2.60. The van der Waals surface area contributed by atoms with E-state index in [2.05, 4.69) is 31.7 Å². The number of esters is 1. The predicted molar refractivity (Wildman–Crippen MR) is 72.5 cm³/mol. The molecule has 6 heteroatoms. The summed E-state index contributed by atoms with van der Waals surface area (Å²) in [6.45, 7) is 2.02. The van der Waals surface area contributed by atoms with Crippen LogP contribution in [0, 0.1) is 5.92 Å². The molecule has 0 aliphatic heterocycles. The summed E-state index contributed by atoms with van der Waals surface area (Å²) in [5.41, 5.74) is 0. The topological polar surface area (TPSA) is 67.4 Å². The fraction of sp³-hybridized carbons (Fsp3) is 0.818. The molecule has 0 heterocycles. The summed E-state index contributed by atoms with van der Waals surface area (Å²) in [7, 11) is 0. The molecule has 1 fully saturated rings. The van der Waals surface area contributed by atoms with Crippen molar-refractivity contribution in [3.63, 3.8) is 0 Å². The Balaban J connectivity index is 2.14. The van der Waals surface area contributed by atoms with Crippen molar-refractivity contribution in [2.24, 2.45) is 5.92 Å². The normalized spacial score (nSPS) is 24.1. The van der Waals surface area contributed by atoms with E-state index in [1.54, 1.807) is 0 Å². The number of carbonyl (C=O) groups is 2. The Hall–Kier alpha value is -0.370. The minimum atomic E-state index is -0.312. The van der Waals surface area contributed by atoms with Crippen LogP contribution in [-0.2, 0) is 14.3 Å². The summed E-state index contributed by atoms with van der Waals surface area (Å²) in [6, 6.07) is 0.542. The summed E-state index contributed by atoms with van der Waals surface area (Å²) in [4.78, 5) is 22.3. The molecule has 1 aliphatic rings. The van der Waals surface area contributed by atoms with E-state index in [1.807, 2.05) is 0 Å². The van der Waals surface area contributed by atoms with E-state index in [9.17, 15) is 9.59 Å². The lowest BCUT2D eigenvalue weighted by molar-refractivity contribution is -0.141. The van der Waals surface area contributed by atoms with E-state index in [1.165, 1.54) is 6.92 Å². The second kappa shape index (κ2) is 7.86. The zero-order valence-electron chi connectivity index (χ0n) is 10.0. The maximum Gasteiger partial charge on any atom is 0.302 e. The molecule has 1 amide bonds. The third-order valence-electron chi connectivity index (χ3n) is 2.96. The number of ether oxygens (including phenoxy) is 1. The van der Waals surface area contributed by atoms with Crippen LogP contribution in [0.15, 0.2) is 0 Å². The van der Waals surface area contributed by atoms with E-state index >= 15 is 0 Å². The number of rotatable bonds is 5. The smallest absolute Gasteiger partial charge is 0.302 e. The van der Waals surface area contributed by atoms with Gasteiger partial charge in [-0.25, -0.2) is 0 Å². The van der Waals surface area contributed by atoms with E-state index < -0.39 is 0 Å². The van der Waals surface area contributed by atoms with Gasteiger partial charge in [-0.15, -0.1) is 0 Å². The molecule has 0 aromatic rings. The van der Waals surface area contributed by atoms with Crippen molar-refractivity contribution in [3.05, 3.63) is 0 Å². The van der Waals surface area contributed by atoms with E-state index in [0.717, 1.165) is 25.7 Å². The quantitative estimate of drug-likeness (QED) is 0.337. The van der Waals surface area contributed by atoms with Crippen molar-refractivity contribution < 1.29 is 14.3 Å². The third-order valence-corrected chi connectivity index (χ3v) is 3.84. The zero-order valence-corrected chi connectivity index (χ0v) is 12.2. The molecule has 0 unspecified atom stereocenters. The van der Waals surface area contributed by atoms with Crippen molar-refractivity contribution in [1.29, 1.82) is 0 Å². The van der Waals surface area contributed by atoms with Gasteiger partial charge in [-0.1, -0.05) is 0 Å². The highest BCUT2D eigenvalue weighted by atomic mass is 127. The van der Waals surface area contributed by atoms with Crippen LogP contribution in [0.2, 0.25) is 0 Å². The Labute approximate surface area is 116 Å². The SMILES string of the molecule is CC(=O)OCCNC(=O)[C@H]1CC[C@H](NI)CC1. The first kappa shape index (κ1) is 14.7. The van der Waals surface area contributed by atoms with Gasteiger partial charge >= 0.3 is 5.97 Å². The maximum atomic E-state index is 11.8.